The van der Waals surface area contributed by atoms with Gasteiger partial charge in [0.15, 0.2) is 5.58 Å². The molecule has 7 nitrogen and oxygen atoms in total. The topological polar surface area (TPSA) is 75.8 Å². The van der Waals surface area contributed by atoms with E-state index in [1.54, 1.807) is 42.5 Å². The molecule has 28 heavy (non-hydrogen) atoms. The molecular formula is C20H18BrN3O4. The van der Waals surface area contributed by atoms with Crippen LogP contribution in [0.25, 0.3) is 11.1 Å². The summed E-state index contributed by atoms with van der Waals surface area (Å²) in [5, 5.41) is 2.97. The molecule has 0 radical (unpaired) electrons. The van der Waals surface area contributed by atoms with Crippen LogP contribution in [0.4, 0.5) is 0 Å². The van der Waals surface area contributed by atoms with Gasteiger partial charge in [0.1, 0.15) is 0 Å². The molecule has 144 valence electrons. The molecule has 1 fully saturated rings. The number of rotatable bonds is 4. The van der Waals surface area contributed by atoms with Gasteiger partial charge in [0.2, 0.25) is 5.91 Å². The zero-order chi connectivity index (χ0) is 19.7. The molecule has 0 spiro atoms. The molecule has 0 atom stereocenters. The maximum Gasteiger partial charge on any atom is 0.419 e. The smallest absolute Gasteiger partial charge is 0.408 e. The number of oxazole rings is 1. The summed E-state index contributed by atoms with van der Waals surface area (Å²) in [5.74, 6) is -0.886. The quantitative estimate of drug-likeness (QED) is 0.620. The average molecular weight is 444 g/mol. The van der Waals surface area contributed by atoms with Gasteiger partial charge >= 0.3 is 5.76 Å². The van der Waals surface area contributed by atoms with Crippen molar-refractivity contribution in [3.63, 3.8) is 0 Å². The van der Waals surface area contributed by atoms with Crippen molar-refractivity contribution in [2.24, 2.45) is 0 Å². The van der Waals surface area contributed by atoms with Crippen molar-refractivity contribution < 1.29 is 14.0 Å². The van der Waals surface area contributed by atoms with Gasteiger partial charge in [-0.2, -0.15) is 0 Å². The Hall–Kier alpha value is -2.87. The molecule has 1 aromatic heterocycles. The molecule has 4 rings (SSSR count). The predicted molar refractivity (Wildman–Crippen MR) is 107 cm³/mol. The second-order valence-corrected chi connectivity index (χ2v) is 7.46. The standard InChI is InChI=1S/C20H18BrN3O4/c21-15-8-6-14(7-9-15)19(26)24-12-3-11-23(24)18(25)10-13-22-16-4-1-2-5-17(16)28-20(22)27/h1-2,4-9H,3,10-13H2. The van der Waals surface area contributed by atoms with Crippen LogP contribution in [-0.4, -0.2) is 39.5 Å². The number of hydrogen-bond acceptors (Lipinski definition) is 4. The molecular weight excluding hydrogens is 426 g/mol. The van der Waals surface area contributed by atoms with Gasteiger partial charge in [-0.25, -0.2) is 9.80 Å². The molecule has 0 saturated carbocycles. The lowest BCUT2D eigenvalue weighted by Gasteiger charge is -2.28. The van der Waals surface area contributed by atoms with Crippen LogP contribution in [0.15, 0.2) is 62.2 Å². The van der Waals surface area contributed by atoms with Crippen LogP contribution in [0.2, 0.25) is 0 Å². The number of halogens is 1. The summed E-state index contributed by atoms with van der Waals surface area (Å²) in [5.41, 5.74) is 1.68. The Morgan fingerprint density at radius 1 is 1.00 bits per heavy atom. The highest BCUT2D eigenvalue weighted by Gasteiger charge is 2.31. The Balaban J connectivity index is 1.48. The van der Waals surface area contributed by atoms with E-state index in [0.717, 1.165) is 10.9 Å². The van der Waals surface area contributed by atoms with Gasteiger partial charge in [-0.3, -0.25) is 19.2 Å². The molecule has 0 bridgehead atoms. The zero-order valence-electron chi connectivity index (χ0n) is 15.0. The monoisotopic (exact) mass is 443 g/mol. The summed E-state index contributed by atoms with van der Waals surface area (Å²) >= 11 is 3.35. The summed E-state index contributed by atoms with van der Waals surface area (Å²) < 4.78 is 7.53. The Morgan fingerprint density at radius 2 is 1.71 bits per heavy atom. The normalized spacial score (nSPS) is 14.0. The fourth-order valence-electron chi connectivity index (χ4n) is 3.39. The second kappa shape index (κ2) is 7.63. The first-order valence-corrected chi connectivity index (χ1v) is 9.80. The minimum Gasteiger partial charge on any atom is -0.408 e. The fourth-order valence-corrected chi connectivity index (χ4v) is 3.65. The number of fused-ring (bicyclic) bond motifs is 1. The number of aromatic nitrogens is 1. The number of hydrogen-bond donors (Lipinski definition) is 0. The largest absolute Gasteiger partial charge is 0.419 e. The van der Waals surface area contributed by atoms with Crippen LogP contribution in [-0.2, 0) is 11.3 Å². The van der Waals surface area contributed by atoms with Gasteiger partial charge in [-0.1, -0.05) is 28.1 Å². The Kier molecular flexibility index (Phi) is 5.04. The van der Waals surface area contributed by atoms with E-state index in [1.807, 2.05) is 6.07 Å². The first kappa shape index (κ1) is 18.5. The average Bonchev–Trinajstić information content (AvgIpc) is 3.30. The van der Waals surface area contributed by atoms with Crippen LogP contribution in [0.1, 0.15) is 23.2 Å². The van der Waals surface area contributed by atoms with Crippen LogP contribution < -0.4 is 5.76 Å². The van der Waals surface area contributed by atoms with Crippen molar-refractivity contribution in [2.75, 3.05) is 13.1 Å². The molecule has 1 saturated heterocycles. The van der Waals surface area contributed by atoms with Crippen molar-refractivity contribution in [3.05, 3.63) is 69.1 Å². The van der Waals surface area contributed by atoms with Crippen molar-refractivity contribution in [1.29, 1.82) is 0 Å². The molecule has 3 aromatic rings. The van der Waals surface area contributed by atoms with Crippen LogP contribution >= 0.6 is 15.9 Å². The first-order chi connectivity index (χ1) is 13.5. The van der Waals surface area contributed by atoms with Gasteiger partial charge in [0.25, 0.3) is 5.91 Å². The van der Waals surface area contributed by atoms with Crippen LogP contribution in [0, 0.1) is 0 Å². The van der Waals surface area contributed by atoms with Crippen molar-refractivity contribution in [2.45, 2.75) is 19.4 Å². The summed E-state index contributed by atoms with van der Waals surface area (Å²) in [7, 11) is 0. The maximum absolute atomic E-state index is 12.8. The molecule has 0 aliphatic carbocycles. The number of aryl methyl sites for hydroxylation is 1. The number of benzene rings is 2. The van der Waals surface area contributed by atoms with E-state index >= 15 is 0 Å². The minimum absolute atomic E-state index is 0.105. The van der Waals surface area contributed by atoms with Gasteiger partial charge < -0.3 is 4.42 Å². The highest BCUT2D eigenvalue weighted by Crippen LogP contribution is 2.19. The first-order valence-electron chi connectivity index (χ1n) is 9.00. The zero-order valence-corrected chi connectivity index (χ0v) is 16.6. The summed E-state index contributed by atoms with van der Waals surface area (Å²) in [6, 6.07) is 14.1. The van der Waals surface area contributed by atoms with E-state index in [0.29, 0.717) is 29.8 Å². The van der Waals surface area contributed by atoms with Gasteiger partial charge in [0.05, 0.1) is 5.52 Å². The molecule has 0 unspecified atom stereocenters. The van der Waals surface area contributed by atoms with Crippen LogP contribution in [0.5, 0.6) is 0 Å². The number of carbonyl (C=O) groups excluding carboxylic acids is 2. The molecule has 2 heterocycles. The Labute approximate surface area is 169 Å². The number of hydrazine groups is 1. The van der Waals surface area contributed by atoms with E-state index in [9.17, 15) is 14.4 Å². The van der Waals surface area contributed by atoms with Gasteiger partial charge in [-0.15, -0.1) is 0 Å². The lowest BCUT2D eigenvalue weighted by atomic mass is 10.2. The van der Waals surface area contributed by atoms with Crippen LogP contribution in [0.3, 0.4) is 0 Å². The fraction of sp³-hybridized carbons (Fsp3) is 0.250. The van der Waals surface area contributed by atoms with Crippen molar-refractivity contribution >= 4 is 38.8 Å². The number of carbonyl (C=O) groups is 2. The molecule has 2 amide bonds. The highest BCUT2D eigenvalue weighted by molar-refractivity contribution is 9.10. The maximum atomic E-state index is 12.8. The van der Waals surface area contributed by atoms with E-state index < -0.39 is 5.76 Å². The Bertz CT molecular complexity index is 1090. The lowest BCUT2D eigenvalue weighted by Crippen LogP contribution is -2.45. The molecule has 1 aliphatic rings. The highest BCUT2D eigenvalue weighted by atomic mass is 79.9. The van der Waals surface area contributed by atoms with E-state index in [-0.39, 0.29) is 24.8 Å². The third kappa shape index (κ3) is 3.47. The van der Waals surface area contributed by atoms with Gasteiger partial charge in [0, 0.05) is 36.1 Å². The molecule has 8 heteroatoms. The van der Waals surface area contributed by atoms with E-state index in [4.69, 9.17) is 4.42 Å². The summed E-state index contributed by atoms with van der Waals surface area (Å²) in [4.78, 5) is 37.6. The third-order valence-electron chi connectivity index (χ3n) is 4.77. The van der Waals surface area contributed by atoms with Crippen molar-refractivity contribution in [1.82, 2.24) is 14.6 Å². The number of amides is 2. The molecule has 1 aliphatic heterocycles. The number of para-hydroxylation sites is 2. The van der Waals surface area contributed by atoms with Crippen molar-refractivity contribution in [3.8, 4) is 0 Å². The minimum atomic E-state index is -0.488. The van der Waals surface area contributed by atoms with E-state index in [1.165, 1.54) is 14.6 Å². The Morgan fingerprint density at radius 3 is 2.50 bits per heavy atom. The lowest BCUT2D eigenvalue weighted by molar-refractivity contribution is -0.140. The third-order valence-corrected chi connectivity index (χ3v) is 5.30. The second-order valence-electron chi connectivity index (χ2n) is 6.54. The van der Waals surface area contributed by atoms with Gasteiger partial charge in [-0.05, 0) is 42.8 Å². The molecule has 2 aromatic carbocycles. The predicted octanol–water partition coefficient (Wildman–Crippen LogP) is 3.04. The van der Waals surface area contributed by atoms with E-state index in [2.05, 4.69) is 15.9 Å². The SMILES string of the molecule is O=C(CCn1c(=O)oc2ccccc21)N1CCCN1C(=O)c1ccc(Br)cc1. The summed E-state index contributed by atoms with van der Waals surface area (Å²) in [6.45, 7) is 1.18. The molecule has 0 N–H and O–H groups in total. The number of nitrogens with zero attached hydrogens (tertiary/aromatic N) is 3. The summed E-state index contributed by atoms with van der Waals surface area (Å²) in [6.07, 6.45) is 0.830.